The largest absolute Gasteiger partial charge is 1.00 e. The van der Waals surface area contributed by atoms with Crippen molar-refractivity contribution in [1.29, 1.82) is 0 Å². The summed E-state index contributed by atoms with van der Waals surface area (Å²) >= 11 is 0. The molecule has 0 saturated heterocycles. The molecule has 2 aromatic rings. The average molecular weight is 300 g/mol. The van der Waals surface area contributed by atoms with Crippen LogP contribution in [0.2, 0.25) is 0 Å². The number of hydrogen-bond acceptors (Lipinski definition) is 3. The monoisotopic (exact) mass is 300 g/mol. The Bertz CT molecular complexity index is 681. The Hall–Kier alpha value is -0.390. The zero-order valence-electron chi connectivity index (χ0n) is 11.9. The molecule has 0 saturated carbocycles. The standard InChI is InChI=1S/C15H18O3S.Na/c1-2-3-4-6-12-9-10-13-7-5-8-15(14(13)11-12)19(16,17)18;/h5,7-11H,2-4,6H2,1H3,(H,16,17,18);/q;+1/p-1. The van der Waals surface area contributed by atoms with Gasteiger partial charge in [-0.05, 0) is 41.3 Å². The molecule has 0 aromatic heterocycles. The number of aryl methyl sites for hydroxylation is 1. The van der Waals surface area contributed by atoms with E-state index in [0.717, 1.165) is 36.6 Å². The molecule has 0 unspecified atom stereocenters. The minimum Gasteiger partial charge on any atom is -0.744 e. The van der Waals surface area contributed by atoms with E-state index in [1.165, 1.54) is 6.07 Å². The normalized spacial score (nSPS) is 11.3. The fourth-order valence-corrected chi connectivity index (χ4v) is 2.94. The van der Waals surface area contributed by atoms with Crippen LogP contribution in [0.1, 0.15) is 31.7 Å². The van der Waals surface area contributed by atoms with Gasteiger partial charge in [0, 0.05) is 0 Å². The molecular weight excluding hydrogens is 283 g/mol. The Morgan fingerprint density at radius 1 is 1.10 bits per heavy atom. The van der Waals surface area contributed by atoms with Crippen LogP contribution < -0.4 is 29.6 Å². The minimum atomic E-state index is -4.42. The molecule has 0 atom stereocenters. The Morgan fingerprint density at radius 3 is 2.50 bits per heavy atom. The van der Waals surface area contributed by atoms with Crippen LogP contribution in [-0.4, -0.2) is 13.0 Å². The van der Waals surface area contributed by atoms with Gasteiger partial charge in [-0.3, -0.25) is 0 Å². The van der Waals surface area contributed by atoms with Gasteiger partial charge in [0.25, 0.3) is 0 Å². The quantitative estimate of drug-likeness (QED) is 0.458. The van der Waals surface area contributed by atoms with Gasteiger partial charge in [0.1, 0.15) is 10.1 Å². The molecule has 5 heteroatoms. The molecule has 0 fully saturated rings. The summed E-state index contributed by atoms with van der Waals surface area (Å²) in [5.74, 6) is 0. The van der Waals surface area contributed by atoms with E-state index < -0.39 is 10.1 Å². The summed E-state index contributed by atoms with van der Waals surface area (Å²) in [6.45, 7) is 2.14. The molecule has 0 radical (unpaired) electrons. The van der Waals surface area contributed by atoms with Crippen molar-refractivity contribution in [2.45, 2.75) is 37.5 Å². The second-order valence-corrected chi connectivity index (χ2v) is 6.07. The molecular formula is C15H17NaO3S. The zero-order valence-corrected chi connectivity index (χ0v) is 14.7. The van der Waals surface area contributed by atoms with Gasteiger partial charge >= 0.3 is 29.6 Å². The van der Waals surface area contributed by atoms with Crippen molar-refractivity contribution in [1.82, 2.24) is 0 Å². The molecule has 0 amide bonds. The molecule has 0 bridgehead atoms. The van der Waals surface area contributed by atoms with E-state index in [9.17, 15) is 13.0 Å². The van der Waals surface area contributed by atoms with E-state index in [2.05, 4.69) is 6.92 Å². The second kappa shape index (κ2) is 7.57. The van der Waals surface area contributed by atoms with Crippen molar-refractivity contribution < 1.29 is 42.5 Å². The van der Waals surface area contributed by atoms with Crippen LogP contribution in [0.3, 0.4) is 0 Å². The molecule has 2 rings (SSSR count). The number of benzene rings is 2. The second-order valence-electron chi connectivity index (χ2n) is 4.72. The average Bonchev–Trinajstić information content (AvgIpc) is 2.37. The first-order valence-electron chi connectivity index (χ1n) is 6.50. The molecule has 3 nitrogen and oxygen atoms in total. The number of rotatable bonds is 5. The zero-order chi connectivity index (χ0) is 13.9. The molecule has 0 spiro atoms. The Kier molecular flexibility index (Phi) is 6.69. The Labute approximate surface area is 142 Å². The van der Waals surface area contributed by atoms with Crippen LogP contribution in [0.5, 0.6) is 0 Å². The third-order valence-corrected chi connectivity index (χ3v) is 4.14. The van der Waals surface area contributed by atoms with E-state index in [1.54, 1.807) is 6.07 Å². The fraction of sp³-hybridized carbons (Fsp3) is 0.333. The number of fused-ring (bicyclic) bond motifs is 1. The van der Waals surface area contributed by atoms with Gasteiger partial charge in [0.15, 0.2) is 0 Å². The van der Waals surface area contributed by atoms with Crippen LogP contribution in [-0.2, 0) is 16.5 Å². The molecule has 2 aromatic carbocycles. The van der Waals surface area contributed by atoms with E-state index in [1.807, 2.05) is 24.3 Å². The van der Waals surface area contributed by atoms with Crippen molar-refractivity contribution in [3.8, 4) is 0 Å². The summed E-state index contributed by atoms with van der Waals surface area (Å²) < 4.78 is 33.8. The third-order valence-electron chi connectivity index (χ3n) is 3.24. The van der Waals surface area contributed by atoms with Gasteiger partial charge in [-0.15, -0.1) is 0 Å². The van der Waals surface area contributed by atoms with Gasteiger partial charge < -0.3 is 4.55 Å². The maximum Gasteiger partial charge on any atom is 1.00 e. The maximum atomic E-state index is 11.3. The predicted molar refractivity (Wildman–Crippen MR) is 75.1 cm³/mol. The molecule has 20 heavy (non-hydrogen) atoms. The van der Waals surface area contributed by atoms with E-state index in [-0.39, 0.29) is 34.5 Å². The Morgan fingerprint density at radius 2 is 1.85 bits per heavy atom. The molecule has 102 valence electrons. The van der Waals surface area contributed by atoms with Crippen LogP contribution in [0.15, 0.2) is 41.3 Å². The smallest absolute Gasteiger partial charge is 0.744 e. The van der Waals surface area contributed by atoms with Crippen molar-refractivity contribution in [2.24, 2.45) is 0 Å². The minimum absolute atomic E-state index is 0. The third kappa shape index (κ3) is 4.30. The first-order valence-corrected chi connectivity index (χ1v) is 7.91. The molecule has 0 aliphatic carbocycles. The molecule has 0 N–H and O–H groups in total. The van der Waals surface area contributed by atoms with Crippen molar-refractivity contribution in [2.75, 3.05) is 0 Å². The molecule has 0 aliphatic rings. The summed E-state index contributed by atoms with van der Waals surface area (Å²) in [6, 6.07) is 10.5. The predicted octanol–water partition coefficient (Wildman–Crippen LogP) is 0.481. The van der Waals surface area contributed by atoms with Gasteiger partial charge in [-0.25, -0.2) is 8.42 Å². The van der Waals surface area contributed by atoms with Gasteiger partial charge in [0.2, 0.25) is 0 Å². The number of unbranched alkanes of at least 4 members (excludes halogenated alkanes) is 2. The van der Waals surface area contributed by atoms with Crippen molar-refractivity contribution in [3.63, 3.8) is 0 Å². The van der Waals surface area contributed by atoms with Gasteiger partial charge in [-0.1, -0.05) is 44.0 Å². The maximum absolute atomic E-state index is 11.3. The SMILES string of the molecule is CCCCCc1ccc2cccc(S(=O)(=O)[O-])c2c1.[Na+]. The number of hydrogen-bond donors (Lipinski definition) is 0. The van der Waals surface area contributed by atoms with Crippen molar-refractivity contribution in [3.05, 3.63) is 42.0 Å². The summed E-state index contributed by atoms with van der Waals surface area (Å²) in [7, 11) is -4.42. The molecule has 0 aliphatic heterocycles. The fourth-order valence-electron chi connectivity index (χ4n) is 2.24. The summed E-state index contributed by atoms with van der Waals surface area (Å²) in [5, 5.41) is 1.32. The first kappa shape index (κ1) is 17.7. The summed E-state index contributed by atoms with van der Waals surface area (Å²) in [6.07, 6.45) is 4.29. The van der Waals surface area contributed by atoms with Crippen LogP contribution in [0.25, 0.3) is 10.8 Å². The summed E-state index contributed by atoms with van der Waals surface area (Å²) in [5.41, 5.74) is 1.08. The van der Waals surface area contributed by atoms with E-state index in [4.69, 9.17) is 0 Å². The van der Waals surface area contributed by atoms with Crippen LogP contribution in [0.4, 0.5) is 0 Å². The van der Waals surface area contributed by atoms with E-state index >= 15 is 0 Å². The topological polar surface area (TPSA) is 57.2 Å². The van der Waals surface area contributed by atoms with Crippen LogP contribution in [0, 0.1) is 0 Å². The Balaban J connectivity index is 0.00000200. The molecule has 0 heterocycles. The van der Waals surface area contributed by atoms with Crippen LogP contribution >= 0.6 is 0 Å². The van der Waals surface area contributed by atoms with E-state index in [0.29, 0.717) is 5.39 Å². The van der Waals surface area contributed by atoms with Gasteiger partial charge in [-0.2, -0.15) is 0 Å². The summed E-state index contributed by atoms with van der Waals surface area (Å²) in [4.78, 5) is -0.123. The first-order chi connectivity index (χ1) is 9.02. The van der Waals surface area contributed by atoms with Gasteiger partial charge in [0.05, 0.1) is 4.90 Å². The van der Waals surface area contributed by atoms with Crippen molar-refractivity contribution >= 4 is 20.9 Å².